The minimum atomic E-state index is -1.01. The van der Waals surface area contributed by atoms with Crippen molar-refractivity contribution in [2.24, 2.45) is 0 Å². The normalized spacial score (nSPS) is 10.1. The van der Waals surface area contributed by atoms with E-state index < -0.39 is 5.97 Å². The molecule has 5 heteroatoms. The summed E-state index contributed by atoms with van der Waals surface area (Å²) >= 11 is 5.91. The summed E-state index contributed by atoms with van der Waals surface area (Å²) in [6.07, 6.45) is 1.59. The average Bonchev–Trinajstić information content (AvgIpc) is 2.38. The number of carboxylic acid groups (broad SMARTS) is 1. The van der Waals surface area contributed by atoms with Gasteiger partial charge in [-0.2, -0.15) is 0 Å². The van der Waals surface area contributed by atoms with Crippen LogP contribution in [0.15, 0.2) is 36.5 Å². The summed E-state index contributed by atoms with van der Waals surface area (Å²) in [6, 6.07) is 8.15. The van der Waals surface area contributed by atoms with Gasteiger partial charge in [-0.15, -0.1) is 0 Å². The lowest BCUT2D eigenvalue weighted by Crippen LogP contribution is -1.96. The van der Waals surface area contributed by atoms with E-state index in [1.54, 1.807) is 30.5 Å². The van der Waals surface area contributed by atoms with Crippen LogP contribution in [-0.4, -0.2) is 23.2 Å². The minimum absolute atomic E-state index is 0.147. The van der Waals surface area contributed by atoms with Gasteiger partial charge in [-0.3, -0.25) is 0 Å². The summed E-state index contributed by atoms with van der Waals surface area (Å²) in [7, 11) is 1.52. The first-order valence-corrected chi connectivity index (χ1v) is 5.52. The van der Waals surface area contributed by atoms with Gasteiger partial charge in [-0.1, -0.05) is 11.6 Å². The van der Waals surface area contributed by atoms with Gasteiger partial charge in [0.1, 0.15) is 0 Å². The van der Waals surface area contributed by atoms with Gasteiger partial charge in [0, 0.05) is 17.3 Å². The molecule has 0 atom stereocenters. The molecule has 2 rings (SSSR count). The monoisotopic (exact) mass is 263 g/mol. The number of hydrogen-bond acceptors (Lipinski definition) is 3. The number of hydrogen-bond donors (Lipinski definition) is 1. The molecular formula is C13H10ClNO3. The maximum atomic E-state index is 11.0. The lowest BCUT2D eigenvalue weighted by molar-refractivity contribution is 0.0697. The molecule has 0 aliphatic carbocycles. The number of nitrogens with zero attached hydrogens (tertiary/aromatic N) is 1. The first-order valence-electron chi connectivity index (χ1n) is 5.14. The van der Waals surface area contributed by atoms with Crippen LogP contribution in [0.2, 0.25) is 5.02 Å². The molecule has 0 bridgehead atoms. The summed E-state index contributed by atoms with van der Waals surface area (Å²) in [5.41, 5.74) is 1.65. The Morgan fingerprint density at radius 3 is 2.72 bits per heavy atom. The zero-order valence-electron chi connectivity index (χ0n) is 9.55. The highest BCUT2D eigenvalue weighted by atomic mass is 35.5. The summed E-state index contributed by atoms with van der Waals surface area (Å²) in [5.74, 6) is -0.552. The molecular weight excluding hydrogens is 254 g/mol. The molecule has 2 aromatic rings. The minimum Gasteiger partial charge on any atom is -0.481 e. The Kier molecular flexibility index (Phi) is 3.48. The number of rotatable bonds is 3. The van der Waals surface area contributed by atoms with Gasteiger partial charge in [0.2, 0.25) is 5.88 Å². The van der Waals surface area contributed by atoms with Crippen molar-refractivity contribution in [3.05, 3.63) is 47.1 Å². The Labute approximate surface area is 109 Å². The smallest absolute Gasteiger partial charge is 0.335 e. The standard InChI is InChI=1S/C13H10ClNO3/c1-18-12-7-8(2-3-15-12)9-4-10(13(16)17)6-11(14)5-9/h2-7H,1H3,(H,16,17). The number of ether oxygens (including phenoxy) is 1. The fourth-order valence-corrected chi connectivity index (χ4v) is 1.82. The topological polar surface area (TPSA) is 59.4 Å². The SMILES string of the molecule is COc1cc(-c2cc(Cl)cc(C(=O)O)c2)ccn1. The predicted octanol–water partition coefficient (Wildman–Crippen LogP) is 3.11. The number of halogens is 1. The van der Waals surface area contributed by atoms with Gasteiger partial charge in [0.25, 0.3) is 0 Å². The Morgan fingerprint density at radius 1 is 1.28 bits per heavy atom. The van der Waals surface area contributed by atoms with Crippen molar-refractivity contribution < 1.29 is 14.6 Å². The highest BCUT2D eigenvalue weighted by molar-refractivity contribution is 6.31. The highest BCUT2D eigenvalue weighted by Gasteiger charge is 2.08. The van der Waals surface area contributed by atoms with Gasteiger partial charge >= 0.3 is 5.97 Å². The number of carbonyl (C=O) groups is 1. The van der Waals surface area contributed by atoms with E-state index in [0.29, 0.717) is 16.5 Å². The van der Waals surface area contributed by atoms with E-state index >= 15 is 0 Å². The Hall–Kier alpha value is -2.07. The van der Waals surface area contributed by atoms with Crippen LogP contribution in [-0.2, 0) is 0 Å². The molecule has 0 saturated carbocycles. The maximum absolute atomic E-state index is 11.0. The molecule has 0 unspecified atom stereocenters. The number of methoxy groups -OCH3 is 1. The van der Waals surface area contributed by atoms with E-state index in [0.717, 1.165) is 5.56 Å². The van der Waals surface area contributed by atoms with Crippen molar-refractivity contribution in [2.45, 2.75) is 0 Å². The molecule has 0 fully saturated rings. The van der Waals surface area contributed by atoms with E-state index in [9.17, 15) is 4.79 Å². The zero-order valence-corrected chi connectivity index (χ0v) is 10.3. The van der Waals surface area contributed by atoms with Crippen molar-refractivity contribution in [1.29, 1.82) is 0 Å². The second kappa shape index (κ2) is 5.06. The van der Waals surface area contributed by atoms with Crippen molar-refractivity contribution in [1.82, 2.24) is 4.98 Å². The van der Waals surface area contributed by atoms with Crippen LogP contribution in [0.1, 0.15) is 10.4 Å². The number of aromatic carboxylic acids is 1. The summed E-state index contributed by atoms with van der Waals surface area (Å²) in [4.78, 5) is 15.0. The number of carboxylic acids is 1. The molecule has 1 aromatic heterocycles. The molecule has 92 valence electrons. The molecule has 18 heavy (non-hydrogen) atoms. The van der Waals surface area contributed by atoms with Crippen LogP contribution < -0.4 is 4.74 Å². The first kappa shape index (κ1) is 12.4. The maximum Gasteiger partial charge on any atom is 0.335 e. The first-order chi connectivity index (χ1) is 8.60. The fraction of sp³-hybridized carbons (Fsp3) is 0.0769. The van der Waals surface area contributed by atoms with Crippen molar-refractivity contribution >= 4 is 17.6 Å². The van der Waals surface area contributed by atoms with Crippen LogP contribution in [0.25, 0.3) is 11.1 Å². The van der Waals surface area contributed by atoms with Crippen molar-refractivity contribution in [3.8, 4) is 17.0 Å². The lowest BCUT2D eigenvalue weighted by Gasteiger charge is -2.06. The van der Waals surface area contributed by atoms with Gasteiger partial charge < -0.3 is 9.84 Å². The molecule has 0 spiro atoms. The molecule has 4 nitrogen and oxygen atoms in total. The quantitative estimate of drug-likeness (QED) is 0.924. The number of pyridine rings is 1. The second-order valence-corrected chi connectivity index (χ2v) is 4.06. The lowest BCUT2D eigenvalue weighted by atomic mass is 10.0. The second-order valence-electron chi connectivity index (χ2n) is 3.62. The van der Waals surface area contributed by atoms with Gasteiger partial charge in [-0.05, 0) is 35.4 Å². The van der Waals surface area contributed by atoms with E-state index in [2.05, 4.69) is 4.98 Å². The summed E-state index contributed by atoms with van der Waals surface area (Å²) in [6.45, 7) is 0. The fourth-order valence-electron chi connectivity index (χ4n) is 1.58. The van der Waals surface area contributed by atoms with Crippen LogP contribution in [0, 0.1) is 0 Å². The molecule has 0 saturated heterocycles. The Morgan fingerprint density at radius 2 is 2.06 bits per heavy atom. The van der Waals surface area contributed by atoms with E-state index in [-0.39, 0.29) is 5.56 Å². The molecule has 1 N–H and O–H groups in total. The van der Waals surface area contributed by atoms with Crippen molar-refractivity contribution in [3.63, 3.8) is 0 Å². The van der Waals surface area contributed by atoms with E-state index in [4.69, 9.17) is 21.4 Å². The number of aromatic nitrogens is 1. The predicted molar refractivity (Wildman–Crippen MR) is 68.2 cm³/mol. The van der Waals surface area contributed by atoms with Crippen LogP contribution in [0.3, 0.4) is 0 Å². The van der Waals surface area contributed by atoms with E-state index in [1.807, 2.05) is 0 Å². The van der Waals surface area contributed by atoms with Gasteiger partial charge in [0.15, 0.2) is 0 Å². The Balaban J connectivity index is 2.52. The molecule has 0 radical (unpaired) electrons. The average molecular weight is 264 g/mol. The van der Waals surface area contributed by atoms with Gasteiger partial charge in [-0.25, -0.2) is 9.78 Å². The third kappa shape index (κ3) is 2.60. The van der Waals surface area contributed by atoms with E-state index in [1.165, 1.54) is 13.2 Å². The molecule has 1 aromatic carbocycles. The molecule has 0 aliphatic rings. The Bertz CT molecular complexity index is 599. The van der Waals surface area contributed by atoms with Gasteiger partial charge in [0.05, 0.1) is 12.7 Å². The molecule has 0 aliphatic heterocycles. The zero-order chi connectivity index (χ0) is 13.1. The van der Waals surface area contributed by atoms with Crippen LogP contribution in [0.5, 0.6) is 5.88 Å². The summed E-state index contributed by atoms with van der Waals surface area (Å²) in [5, 5.41) is 9.36. The van der Waals surface area contributed by atoms with Crippen LogP contribution >= 0.6 is 11.6 Å². The highest BCUT2D eigenvalue weighted by Crippen LogP contribution is 2.26. The van der Waals surface area contributed by atoms with Crippen molar-refractivity contribution in [2.75, 3.05) is 7.11 Å². The third-order valence-corrected chi connectivity index (χ3v) is 2.64. The largest absolute Gasteiger partial charge is 0.481 e. The summed E-state index contributed by atoms with van der Waals surface area (Å²) < 4.78 is 5.02. The third-order valence-electron chi connectivity index (χ3n) is 2.42. The molecule has 1 heterocycles. The number of benzene rings is 1. The molecule has 0 amide bonds. The van der Waals surface area contributed by atoms with Crippen LogP contribution in [0.4, 0.5) is 0 Å².